The van der Waals surface area contributed by atoms with E-state index in [-0.39, 0.29) is 6.04 Å². The van der Waals surface area contributed by atoms with Gasteiger partial charge in [-0.3, -0.25) is 0 Å². The maximum absolute atomic E-state index is 6.58. The first kappa shape index (κ1) is 27.7. The van der Waals surface area contributed by atoms with Gasteiger partial charge in [0, 0.05) is 6.04 Å². The molecule has 0 saturated heterocycles. The molecule has 0 rings (SSSR count). The van der Waals surface area contributed by atoms with Crippen LogP contribution in [0.1, 0.15) is 113 Å². The minimum absolute atomic E-state index is 0.279. The lowest BCUT2D eigenvalue weighted by atomic mass is 9.64. The summed E-state index contributed by atoms with van der Waals surface area (Å²) < 4.78 is 0. The fourth-order valence-corrected chi connectivity index (χ4v) is 5.91. The number of rotatable bonds is 17. The summed E-state index contributed by atoms with van der Waals surface area (Å²) >= 11 is 0. The summed E-state index contributed by atoms with van der Waals surface area (Å²) in [5.41, 5.74) is 6.58. The van der Waals surface area contributed by atoms with Crippen molar-refractivity contribution in [3.63, 3.8) is 0 Å². The van der Waals surface area contributed by atoms with Crippen molar-refractivity contribution in [3.8, 4) is 0 Å². The fourth-order valence-electron chi connectivity index (χ4n) is 5.91. The molecule has 1 nitrogen and oxygen atoms in total. The maximum atomic E-state index is 6.58. The lowest BCUT2D eigenvalue weighted by molar-refractivity contribution is 0.0943. The molecule has 0 aliphatic heterocycles. The van der Waals surface area contributed by atoms with Gasteiger partial charge in [0.15, 0.2) is 0 Å². The zero-order valence-corrected chi connectivity index (χ0v) is 20.8. The summed E-state index contributed by atoms with van der Waals surface area (Å²) in [6.45, 7) is 23.1. The van der Waals surface area contributed by atoms with Gasteiger partial charge in [0.05, 0.1) is 0 Å². The Morgan fingerprint density at radius 3 is 1.71 bits per heavy atom. The smallest absolute Gasteiger partial charge is 0.00416 e. The molecule has 0 aromatic heterocycles. The Morgan fingerprint density at radius 1 is 0.786 bits per heavy atom. The largest absolute Gasteiger partial charge is 0.328 e. The average Bonchev–Trinajstić information content (AvgIpc) is 2.66. The third-order valence-corrected chi connectivity index (χ3v) is 7.82. The topological polar surface area (TPSA) is 26.0 Å². The van der Waals surface area contributed by atoms with Crippen molar-refractivity contribution in [3.05, 3.63) is 12.7 Å². The van der Waals surface area contributed by atoms with E-state index in [1.54, 1.807) is 0 Å². The Hall–Kier alpha value is -0.300. The summed E-state index contributed by atoms with van der Waals surface area (Å²) in [5.74, 6) is 4.93. The Bertz CT molecular complexity index is 364. The van der Waals surface area contributed by atoms with Crippen molar-refractivity contribution in [2.24, 2.45) is 47.2 Å². The van der Waals surface area contributed by atoms with Crippen LogP contribution < -0.4 is 5.73 Å². The predicted octanol–water partition coefficient (Wildman–Crippen LogP) is 8.48. The first-order valence-corrected chi connectivity index (χ1v) is 12.7. The molecule has 0 radical (unpaired) electrons. The van der Waals surface area contributed by atoms with E-state index in [2.05, 4.69) is 68.0 Å². The van der Waals surface area contributed by atoms with Crippen LogP contribution in [0, 0.1) is 41.4 Å². The van der Waals surface area contributed by atoms with Crippen molar-refractivity contribution in [1.29, 1.82) is 0 Å². The van der Waals surface area contributed by atoms with Crippen LogP contribution >= 0.6 is 0 Å². The van der Waals surface area contributed by atoms with E-state index in [1.807, 2.05) is 0 Å². The molecule has 0 bridgehead atoms. The molecule has 0 saturated carbocycles. The van der Waals surface area contributed by atoms with Crippen LogP contribution in [-0.4, -0.2) is 6.04 Å². The molecule has 0 amide bonds. The fraction of sp³-hybridized carbons (Fsp3) is 0.926. The second-order valence-corrected chi connectivity index (χ2v) is 9.91. The van der Waals surface area contributed by atoms with E-state index in [9.17, 15) is 0 Å². The first-order chi connectivity index (χ1) is 13.3. The van der Waals surface area contributed by atoms with Crippen molar-refractivity contribution in [2.45, 2.75) is 119 Å². The molecule has 28 heavy (non-hydrogen) atoms. The minimum atomic E-state index is 0.279. The van der Waals surface area contributed by atoms with Gasteiger partial charge in [0.1, 0.15) is 0 Å². The lowest BCUT2D eigenvalue weighted by Crippen LogP contribution is -2.41. The van der Waals surface area contributed by atoms with Crippen LogP contribution in [0.25, 0.3) is 0 Å². The molecule has 5 atom stereocenters. The van der Waals surface area contributed by atoms with Crippen LogP contribution in [0.4, 0.5) is 0 Å². The van der Waals surface area contributed by atoms with Crippen LogP contribution in [0.15, 0.2) is 12.7 Å². The quantitative estimate of drug-likeness (QED) is 0.194. The molecule has 0 aliphatic carbocycles. The molecule has 0 aromatic rings. The van der Waals surface area contributed by atoms with Gasteiger partial charge in [-0.15, -0.1) is 6.58 Å². The third kappa shape index (κ3) is 9.02. The van der Waals surface area contributed by atoms with Gasteiger partial charge in [-0.25, -0.2) is 0 Å². The molecule has 1 heteroatoms. The van der Waals surface area contributed by atoms with E-state index in [0.717, 1.165) is 11.8 Å². The molecule has 5 unspecified atom stereocenters. The second-order valence-electron chi connectivity index (χ2n) is 9.91. The molecule has 0 heterocycles. The van der Waals surface area contributed by atoms with Gasteiger partial charge in [0.2, 0.25) is 0 Å². The van der Waals surface area contributed by atoms with Crippen molar-refractivity contribution in [1.82, 2.24) is 0 Å². The Balaban J connectivity index is 5.05. The molecular weight excluding hydrogens is 338 g/mol. The van der Waals surface area contributed by atoms with Gasteiger partial charge < -0.3 is 5.73 Å². The summed E-state index contributed by atoms with van der Waals surface area (Å²) in [6, 6.07) is 0.279. The van der Waals surface area contributed by atoms with Crippen LogP contribution in [0.5, 0.6) is 0 Å². The Labute approximate surface area is 179 Å². The van der Waals surface area contributed by atoms with Crippen LogP contribution in [-0.2, 0) is 0 Å². The molecule has 0 fully saturated rings. The highest BCUT2D eigenvalue weighted by molar-refractivity contribution is 4.93. The maximum Gasteiger partial charge on any atom is 0.00416 e. The number of hydrogen-bond acceptors (Lipinski definition) is 1. The summed E-state index contributed by atoms with van der Waals surface area (Å²) in [5, 5.41) is 0. The highest BCUT2D eigenvalue weighted by atomic mass is 14.6. The summed E-state index contributed by atoms with van der Waals surface area (Å²) in [7, 11) is 0. The molecule has 0 spiro atoms. The predicted molar refractivity (Wildman–Crippen MR) is 130 cm³/mol. The Morgan fingerprint density at radius 2 is 1.32 bits per heavy atom. The second kappa shape index (κ2) is 15.5. The van der Waals surface area contributed by atoms with Crippen LogP contribution in [0.2, 0.25) is 0 Å². The van der Waals surface area contributed by atoms with Gasteiger partial charge >= 0.3 is 0 Å². The van der Waals surface area contributed by atoms with Gasteiger partial charge in [-0.2, -0.15) is 0 Å². The van der Waals surface area contributed by atoms with E-state index in [4.69, 9.17) is 5.73 Å². The first-order valence-electron chi connectivity index (χ1n) is 12.7. The number of allylic oxidation sites excluding steroid dienone is 1. The highest BCUT2D eigenvalue weighted by Crippen LogP contribution is 2.41. The zero-order chi connectivity index (χ0) is 21.7. The standard InChI is InChI=1S/C27H55N/c1-10-23(11-2)18-16-15-17-19-26(22(9)28)27(20(6)7)21(8)25(14-5)24(12-3)13-4/h14,20-27H,5,10-13,15-19,28H2,1-4,6-9H3. The molecule has 168 valence electrons. The van der Waals surface area contributed by atoms with Gasteiger partial charge in [-0.05, 0) is 54.8 Å². The highest BCUT2D eigenvalue weighted by Gasteiger charge is 2.36. The van der Waals surface area contributed by atoms with E-state index < -0.39 is 0 Å². The molecule has 0 aromatic carbocycles. The lowest BCUT2D eigenvalue weighted by Gasteiger charge is -2.42. The van der Waals surface area contributed by atoms with Crippen molar-refractivity contribution in [2.75, 3.05) is 0 Å². The average molecular weight is 394 g/mol. The molecular formula is C27H55N. The monoisotopic (exact) mass is 393 g/mol. The Kier molecular flexibility index (Phi) is 15.4. The van der Waals surface area contributed by atoms with Crippen molar-refractivity contribution >= 4 is 0 Å². The molecule has 0 aliphatic rings. The van der Waals surface area contributed by atoms with E-state index in [1.165, 1.54) is 57.8 Å². The van der Waals surface area contributed by atoms with Gasteiger partial charge in [-0.1, -0.05) is 106 Å². The number of unbranched alkanes of at least 4 members (excludes halogenated alkanes) is 2. The summed E-state index contributed by atoms with van der Waals surface area (Å²) in [4.78, 5) is 0. The SMILES string of the molecule is C=CC(C(CC)CC)C(C)C(C(C)C)C(CCCCCC(CC)CC)C(C)N. The molecule has 2 N–H and O–H groups in total. The van der Waals surface area contributed by atoms with Crippen molar-refractivity contribution < 1.29 is 0 Å². The van der Waals surface area contributed by atoms with E-state index >= 15 is 0 Å². The number of nitrogens with two attached hydrogens (primary N) is 1. The summed E-state index contributed by atoms with van der Waals surface area (Å²) in [6.07, 6.45) is 14.2. The van der Waals surface area contributed by atoms with Gasteiger partial charge in [0.25, 0.3) is 0 Å². The zero-order valence-electron chi connectivity index (χ0n) is 20.8. The minimum Gasteiger partial charge on any atom is -0.328 e. The normalized spacial score (nSPS) is 17.7. The third-order valence-electron chi connectivity index (χ3n) is 7.82. The number of hydrogen-bond donors (Lipinski definition) is 1. The van der Waals surface area contributed by atoms with E-state index in [0.29, 0.717) is 29.6 Å². The van der Waals surface area contributed by atoms with Crippen LogP contribution in [0.3, 0.4) is 0 Å².